The summed E-state index contributed by atoms with van der Waals surface area (Å²) in [6.07, 6.45) is 4.77. The molecule has 0 saturated heterocycles. The van der Waals surface area contributed by atoms with E-state index < -0.39 is 0 Å². The molecular weight excluding hydrogens is 356 g/mol. The van der Waals surface area contributed by atoms with Crippen molar-refractivity contribution < 1.29 is 9.59 Å². The summed E-state index contributed by atoms with van der Waals surface area (Å²) >= 11 is 0. The zero-order valence-corrected chi connectivity index (χ0v) is 17.2. The number of urea groups is 1. The van der Waals surface area contributed by atoms with Gasteiger partial charge in [-0.25, -0.2) is 4.79 Å². The maximum absolute atomic E-state index is 12.7. The van der Waals surface area contributed by atoms with Crippen molar-refractivity contribution in [3.8, 4) is 0 Å². The summed E-state index contributed by atoms with van der Waals surface area (Å²) in [7, 11) is 5.41. The first-order valence-electron chi connectivity index (χ1n) is 9.48. The van der Waals surface area contributed by atoms with Crippen LogP contribution in [0.3, 0.4) is 0 Å². The molecule has 28 heavy (non-hydrogen) atoms. The summed E-state index contributed by atoms with van der Waals surface area (Å²) in [5, 5.41) is 7.42. The monoisotopic (exact) mass is 384 g/mol. The average molecular weight is 384 g/mol. The highest BCUT2D eigenvalue weighted by Crippen LogP contribution is 2.22. The lowest BCUT2D eigenvalue weighted by Gasteiger charge is -2.31. The lowest BCUT2D eigenvalue weighted by Crippen LogP contribution is -2.42. The summed E-state index contributed by atoms with van der Waals surface area (Å²) in [6, 6.07) is -0.0253. The molecule has 3 heterocycles. The molecule has 0 radical (unpaired) electrons. The highest BCUT2D eigenvalue weighted by atomic mass is 16.2. The maximum Gasteiger partial charge on any atom is 0.319 e. The summed E-state index contributed by atoms with van der Waals surface area (Å²) < 4.78 is 1.87. The van der Waals surface area contributed by atoms with Gasteiger partial charge in [-0.15, -0.1) is 0 Å². The van der Waals surface area contributed by atoms with Crippen LogP contribution < -0.4 is 5.32 Å². The first-order chi connectivity index (χ1) is 13.3. The second-order valence-corrected chi connectivity index (χ2v) is 7.45. The van der Waals surface area contributed by atoms with Crippen molar-refractivity contribution in [1.82, 2.24) is 29.9 Å². The molecule has 2 aromatic rings. The van der Waals surface area contributed by atoms with Gasteiger partial charge in [-0.1, -0.05) is 0 Å². The first kappa shape index (κ1) is 19.9. The smallest absolute Gasteiger partial charge is 0.319 e. The molecule has 0 spiro atoms. The van der Waals surface area contributed by atoms with Crippen molar-refractivity contribution in [2.75, 3.05) is 27.2 Å². The van der Waals surface area contributed by atoms with Crippen LogP contribution in [0.15, 0.2) is 12.4 Å². The van der Waals surface area contributed by atoms with Crippen molar-refractivity contribution in [3.05, 3.63) is 46.0 Å². The zero-order chi connectivity index (χ0) is 20.4. The Morgan fingerprint density at radius 2 is 2.00 bits per heavy atom. The van der Waals surface area contributed by atoms with Gasteiger partial charge in [-0.2, -0.15) is 5.10 Å². The van der Waals surface area contributed by atoms with Crippen LogP contribution in [0.4, 0.5) is 4.79 Å². The third-order valence-corrected chi connectivity index (χ3v) is 5.36. The molecule has 1 aliphatic heterocycles. The number of nitrogens with zero attached hydrogens (tertiary/aromatic N) is 5. The van der Waals surface area contributed by atoms with Crippen LogP contribution in [0.2, 0.25) is 0 Å². The molecule has 1 aliphatic rings. The van der Waals surface area contributed by atoms with Crippen LogP contribution in [0, 0.1) is 13.8 Å². The minimum absolute atomic E-state index is 0.0253. The predicted molar refractivity (Wildman–Crippen MR) is 106 cm³/mol. The molecule has 0 unspecified atom stereocenters. The molecule has 0 aromatic carbocycles. The first-order valence-corrected chi connectivity index (χ1v) is 9.48. The number of fused-ring (bicyclic) bond motifs is 1. The van der Waals surface area contributed by atoms with Gasteiger partial charge in [0, 0.05) is 58.9 Å². The van der Waals surface area contributed by atoms with Gasteiger partial charge in [0.1, 0.15) is 0 Å². The number of aryl methyl sites for hydroxylation is 2. The Balaban J connectivity index is 1.67. The van der Waals surface area contributed by atoms with E-state index in [1.807, 2.05) is 25.6 Å². The quantitative estimate of drug-likeness (QED) is 0.865. The molecule has 8 nitrogen and oxygen atoms in total. The van der Waals surface area contributed by atoms with E-state index in [4.69, 9.17) is 0 Å². The zero-order valence-electron chi connectivity index (χ0n) is 17.2. The lowest BCUT2D eigenvalue weighted by atomic mass is 9.97. The van der Waals surface area contributed by atoms with E-state index in [9.17, 15) is 9.59 Å². The number of pyridine rings is 1. The molecule has 0 atom stereocenters. The van der Waals surface area contributed by atoms with E-state index >= 15 is 0 Å². The Bertz CT molecular complexity index is 902. The molecule has 3 rings (SSSR count). The lowest BCUT2D eigenvalue weighted by molar-refractivity contribution is 0.0952. The fourth-order valence-corrected chi connectivity index (χ4v) is 3.71. The van der Waals surface area contributed by atoms with Gasteiger partial charge < -0.3 is 15.1 Å². The van der Waals surface area contributed by atoms with E-state index in [2.05, 4.69) is 15.4 Å². The van der Waals surface area contributed by atoms with Crippen LogP contribution in [0.5, 0.6) is 0 Å². The van der Waals surface area contributed by atoms with E-state index in [1.165, 1.54) is 5.56 Å². The van der Waals surface area contributed by atoms with Gasteiger partial charge in [0.25, 0.3) is 5.91 Å². The van der Waals surface area contributed by atoms with Crippen molar-refractivity contribution in [1.29, 1.82) is 0 Å². The number of rotatable bonds is 4. The minimum Gasteiger partial charge on any atom is -0.352 e. The van der Waals surface area contributed by atoms with Crippen LogP contribution in [0.25, 0.3) is 0 Å². The molecule has 150 valence electrons. The number of aromatic nitrogens is 3. The second kappa shape index (κ2) is 8.00. The van der Waals surface area contributed by atoms with Gasteiger partial charge in [0.2, 0.25) is 0 Å². The fraction of sp³-hybridized carbons (Fsp3) is 0.500. The van der Waals surface area contributed by atoms with Crippen molar-refractivity contribution in [2.24, 2.45) is 7.05 Å². The third-order valence-electron chi connectivity index (χ3n) is 5.36. The number of nitrogens with one attached hydrogen (secondary N) is 1. The summed E-state index contributed by atoms with van der Waals surface area (Å²) in [6.45, 7) is 5.65. The molecule has 3 amide bonds. The second-order valence-electron chi connectivity index (χ2n) is 7.45. The summed E-state index contributed by atoms with van der Waals surface area (Å²) in [4.78, 5) is 32.5. The Morgan fingerprint density at radius 3 is 2.64 bits per heavy atom. The van der Waals surface area contributed by atoms with Gasteiger partial charge in [0.15, 0.2) is 0 Å². The highest BCUT2D eigenvalue weighted by molar-refractivity contribution is 5.95. The number of hydrogen-bond acceptors (Lipinski definition) is 4. The van der Waals surface area contributed by atoms with Crippen molar-refractivity contribution >= 4 is 11.9 Å². The van der Waals surface area contributed by atoms with Crippen LogP contribution >= 0.6 is 0 Å². The Hall–Kier alpha value is -2.90. The van der Waals surface area contributed by atoms with E-state index in [0.717, 1.165) is 28.9 Å². The largest absolute Gasteiger partial charge is 0.352 e. The third kappa shape index (κ3) is 3.85. The van der Waals surface area contributed by atoms with Gasteiger partial charge in [0.05, 0.1) is 11.3 Å². The predicted octanol–water partition coefficient (Wildman–Crippen LogP) is 1.44. The molecule has 1 N–H and O–H groups in total. The van der Waals surface area contributed by atoms with E-state index in [1.54, 1.807) is 36.3 Å². The van der Waals surface area contributed by atoms with Gasteiger partial charge >= 0.3 is 6.03 Å². The number of carbonyl (C=O) groups is 2. The molecule has 8 heteroatoms. The molecule has 0 fully saturated rings. The van der Waals surface area contributed by atoms with Crippen LogP contribution in [0.1, 0.15) is 38.4 Å². The molecular formula is C20H28N6O2. The van der Waals surface area contributed by atoms with E-state index in [0.29, 0.717) is 31.6 Å². The normalized spacial score (nSPS) is 13.2. The van der Waals surface area contributed by atoms with Crippen LogP contribution in [-0.2, 0) is 26.4 Å². The maximum atomic E-state index is 12.7. The summed E-state index contributed by atoms with van der Waals surface area (Å²) in [5.74, 6) is -0.115. The Kier molecular flexibility index (Phi) is 5.67. The number of amides is 3. The summed E-state index contributed by atoms with van der Waals surface area (Å²) in [5.41, 5.74) is 5.83. The number of carbonyl (C=O) groups excluding carboxylic acids is 2. The van der Waals surface area contributed by atoms with Gasteiger partial charge in [-0.05, 0) is 43.4 Å². The Morgan fingerprint density at radius 1 is 1.25 bits per heavy atom. The minimum atomic E-state index is -0.115. The Labute approximate surface area is 165 Å². The number of hydrogen-bond donors (Lipinski definition) is 1. The van der Waals surface area contributed by atoms with Crippen molar-refractivity contribution in [2.45, 2.75) is 33.2 Å². The molecule has 2 aromatic heterocycles. The standard InChI is InChI=1S/C20H28N6O2/c1-13-16(14(2)25(5)23-13)6-8-22-19(27)18-11-21-10-15-12-26(9-7-17(15)18)20(28)24(3)4/h10-11H,6-9,12H2,1-5H3,(H,22,27). The topological polar surface area (TPSA) is 83.4 Å². The van der Waals surface area contributed by atoms with E-state index in [-0.39, 0.29) is 11.9 Å². The highest BCUT2D eigenvalue weighted by Gasteiger charge is 2.25. The molecule has 0 saturated carbocycles. The van der Waals surface area contributed by atoms with Crippen LogP contribution in [-0.4, -0.2) is 63.7 Å². The fourth-order valence-electron chi connectivity index (χ4n) is 3.71. The van der Waals surface area contributed by atoms with Gasteiger partial charge in [-0.3, -0.25) is 14.5 Å². The SMILES string of the molecule is Cc1nn(C)c(C)c1CCNC(=O)c1cncc2c1CCN(C(=O)N(C)C)C2. The molecule has 0 aliphatic carbocycles. The average Bonchev–Trinajstić information content (AvgIpc) is 2.92. The van der Waals surface area contributed by atoms with Crippen molar-refractivity contribution in [3.63, 3.8) is 0 Å². The molecule has 0 bridgehead atoms.